The van der Waals surface area contributed by atoms with Crippen molar-refractivity contribution < 1.29 is 0 Å². The zero-order chi connectivity index (χ0) is 7.40. The second kappa shape index (κ2) is 3.94. The summed E-state index contributed by atoms with van der Waals surface area (Å²) in [6, 6.07) is 0.508. The monoisotopic (exact) mass is 142 g/mol. The summed E-state index contributed by atoms with van der Waals surface area (Å²) in [5.74, 6) is 0.876. The molecule has 0 aromatic heterocycles. The van der Waals surface area contributed by atoms with E-state index in [0.717, 1.165) is 12.5 Å². The second-order valence-electron chi connectivity index (χ2n) is 3.30. The van der Waals surface area contributed by atoms with Crippen LogP contribution in [0.25, 0.3) is 0 Å². The van der Waals surface area contributed by atoms with Crippen LogP contribution in [0.4, 0.5) is 0 Å². The molecule has 1 saturated carbocycles. The van der Waals surface area contributed by atoms with Crippen LogP contribution in [0.3, 0.4) is 0 Å². The van der Waals surface area contributed by atoms with Gasteiger partial charge in [-0.3, -0.25) is 0 Å². The lowest BCUT2D eigenvalue weighted by Crippen LogP contribution is -2.41. The van der Waals surface area contributed by atoms with Crippen LogP contribution in [0.2, 0.25) is 0 Å². The fourth-order valence-corrected chi connectivity index (χ4v) is 1.44. The Labute approximate surface area is 63.2 Å². The molecule has 0 aromatic carbocycles. The highest BCUT2D eigenvalue weighted by molar-refractivity contribution is 4.83. The van der Waals surface area contributed by atoms with Crippen LogP contribution in [0, 0.1) is 5.92 Å². The average molecular weight is 142 g/mol. The van der Waals surface area contributed by atoms with Gasteiger partial charge in [-0.25, -0.2) is 0 Å². The molecule has 60 valence electrons. The molecule has 0 heterocycles. The molecule has 0 amide bonds. The number of nitrogens with one attached hydrogen (secondary N) is 1. The van der Waals surface area contributed by atoms with Crippen molar-refractivity contribution in [3.05, 3.63) is 0 Å². The summed E-state index contributed by atoms with van der Waals surface area (Å²) >= 11 is 0. The number of hydrogen-bond acceptors (Lipinski definition) is 2. The van der Waals surface area contributed by atoms with Crippen molar-refractivity contribution in [1.82, 2.24) is 5.32 Å². The second-order valence-corrected chi connectivity index (χ2v) is 3.30. The third-order valence-electron chi connectivity index (χ3n) is 2.13. The lowest BCUT2D eigenvalue weighted by atomic mass is 9.81. The minimum atomic E-state index is 0.508. The van der Waals surface area contributed by atoms with E-state index in [1.165, 1.54) is 25.8 Å². The van der Waals surface area contributed by atoms with E-state index in [-0.39, 0.29) is 0 Å². The lowest BCUT2D eigenvalue weighted by Gasteiger charge is -2.32. The Balaban J connectivity index is 1.86. The summed E-state index contributed by atoms with van der Waals surface area (Å²) in [4.78, 5) is 0. The Morgan fingerprint density at radius 1 is 1.50 bits per heavy atom. The van der Waals surface area contributed by atoms with E-state index < -0.39 is 0 Å². The van der Waals surface area contributed by atoms with Crippen LogP contribution in [-0.2, 0) is 0 Å². The fourth-order valence-electron chi connectivity index (χ4n) is 1.44. The minimum absolute atomic E-state index is 0.508. The van der Waals surface area contributed by atoms with Gasteiger partial charge in [0.05, 0.1) is 0 Å². The zero-order valence-corrected chi connectivity index (χ0v) is 6.77. The Bertz CT molecular complexity index is 87.3. The molecule has 0 aromatic rings. The Kier molecular flexibility index (Phi) is 3.16. The molecular weight excluding hydrogens is 124 g/mol. The Hall–Kier alpha value is -0.0800. The molecule has 0 radical (unpaired) electrons. The van der Waals surface area contributed by atoms with Crippen molar-refractivity contribution >= 4 is 0 Å². The third kappa shape index (κ3) is 2.27. The molecule has 0 aliphatic heterocycles. The van der Waals surface area contributed by atoms with Crippen molar-refractivity contribution in [3.63, 3.8) is 0 Å². The lowest BCUT2D eigenvalue weighted by molar-refractivity contribution is 0.257. The summed E-state index contributed by atoms with van der Waals surface area (Å²) in [5.41, 5.74) is 5.65. The highest BCUT2D eigenvalue weighted by Gasteiger charge is 2.24. The molecule has 2 heteroatoms. The van der Waals surface area contributed by atoms with Crippen LogP contribution in [0.5, 0.6) is 0 Å². The molecule has 1 aliphatic rings. The molecule has 0 spiro atoms. The van der Waals surface area contributed by atoms with E-state index in [1.54, 1.807) is 0 Å². The van der Waals surface area contributed by atoms with Crippen LogP contribution in [0.15, 0.2) is 0 Å². The SMILES string of the molecule is CCCNCC1CC(N)C1. The van der Waals surface area contributed by atoms with Gasteiger partial charge in [-0.1, -0.05) is 6.92 Å². The van der Waals surface area contributed by atoms with Gasteiger partial charge in [-0.15, -0.1) is 0 Å². The molecule has 0 atom stereocenters. The van der Waals surface area contributed by atoms with Gasteiger partial charge in [-0.2, -0.15) is 0 Å². The van der Waals surface area contributed by atoms with E-state index in [9.17, 15) is 0 Å². The topological polar surface area (TPSA) is 38.0 Å². The van der Waals surface area contributed by atoms with Crippen LogP contribution in [0.1, 0.15) is 26.2 Å². The molecule has 1 aliphatic carbocycles. The predicted octanol–water partition coefficient (Wildman–Crippen LogP) is 0.723. The highest BCUT2D eigenvalue weighted by Crippen LogP contribution is 2.24. The number of hydrogen-bond donors (Lipinski definition) is 2. The van der Waals surface area contributed by atoms with Gasteiger partial charge in [0.15, 0.2) is 0 Å². The minimum Gasteiger partial charge on any atom is -0.328 e. The van der Waals surface area contributed by atoms with Crippen molar-refractivity contribution in [2.24, 2.45) is 11.7 Å². The molecule has 0 unspecified atom stereocenters. The Morgan fingerprint density at radius 2 is 2.20 bits per heavy atom. The molecular formula is C8H18N2. The van der Waals surface area contributed by atoms with Gasteiger partial charge in [0.25, 0.3) is 0 Å². The summed E-state index contributed by atoms with van der Waals surface area (Å²) < 4.78 is 0. The maximum absolute atomic E-state index is 5.65. The Morgan fingerprint density at radius 3 is 2.70 bits per heavy atom. The van der Waals surface area contributed by atoms with Gasteiger partial charge in [0, 0.05) is 6.04 Å². The normalized spacial score (nSPS) is 31.8. The maximum Gasteiger partial charge on any atom is 0.00450 e. The largest absolute Gasteiger partial charge is 0.328 e. The number of rotatable bonds is 4. The third-order valence-corrected chi connectivity index (χ3v) is 2.13. The van der Waals surface area contributed by atoms with E-state index in [2.05, 4.69) is 12.2 Å². The smallest absolute Gasteiger partial charge is 0.00450 e. The van der Waals surface area contributed by atoms with E-state index in [0.29, 0.717) is 6.04 Å². The van der Waals surface area contributed by atoms with E-state index >= 15 is 0 Å². The van der Waals surface area contributed by atoms with Gasteiger partial charge >= 0.3 is 0 Å². The quantitative estimate of drug-likeness (QED) is 0.568. The first-order valence-electron chi connectivity index (χ1n) is 4.29. The number of nitrogens with two attached hydrogens (primary N) is 1. The molecule has 0 bridgehead atoms. The first-order chi connectivity index (χ1) is 4.83. The molecule has 1 rings (SSSR count). The summed E-state index contributed by atoms with van der Waals surface area (Å²) in [6.07, 6.45) is 3.70. The molecule has 2 nitrogen and oxygen atoms in total. The standard InChI is InChI=1S/C8H18N2/c1-2-3-10-6-7-4-8(9)5-7/h7-8,10H,2-6,9H2,1H3. The average Bonchev–Trinajstić information content (AvgIpc) is 1.85. The molecule has 0 saturated heterocycles. The predicted molar refractivity (Wildman–Crippen MR) is 43.9 cm³/mol. The van der Waals surface area contributed by atoms with E-state index in [4.69, 9.17) is 5.73 Å². The maximum atomic E-state index is 5.65. The zero-order valence-electron chi connectivity index (χ0n) is 6.77. The molecule has 3 N–H and O–H groups in total. The van der Waals surface area contributed by atoms with Gasteiger partial charge < -0.3 is 11.1 Å². The fraction of sp³-hybridized carbons (Fsp3) is 1.00. The van der Waals surface area contributed by atoms with Gasteiger partial charge in [-0.05, 0) is 38.3 Å². The highest BCUT2D eigenvalue weighted by atomic mass is 14.9. The first kappa shape index (κ1) is 8.02. The van der Waals surface area contributed by atoms with Crippen molar-refractivity contribution in [3.8, 4) is 0 Å². The van der Waals surface area contributed by atoms with Crippen LogP contribution < -0.4 is 11.1 Å². The van der Waals surface area contributed by atoms with Gasteiger partial charge in [0.2, 0.25) is 0 Å². The summed E-state index contributed by atoms with van der Waals surface area (Å²) in [7, 11) is 0. The molecule has 10 heavy (non-hydrogen) atoms. The van der Waals surface area contributed by atoms with Crippen LogP contribution in [-0.4, -0.2) is 19.1 Å². The van der Waals surface area contributed by atoms with E-state index in [1.807, 2.05) is 0 Å². The van der Waals surface area contributed by atoms with Crippen molar-refractivity contribution in [1.29, 1.82) is 0 Å². The van der Waals surface area contributed by atoms with Crippen molar-refractivity contribution in [2.45, 2.75) is 32.2 Å². The van der Waals surface area contributed by atoms with Gasteiger partial charge in [0.1, 0.15) is 0 Å². The van der Waals surface area contributed by atoms with Crippen LogP contribution >= 0.6 is 0 Å². The van der Waals surface area contributed by atoms with Crippen molar-refractivity contribution in [2.75, 3.05) is 13.1 Å². The first-order valence-corrected chi connectivity index (χ1v) is 4.29. The summed E-state index contributed by atoms with van der Waals surface area (Å²) in [5, 5.41) is 3.40. The molecule has 1 fully saturated rings. The summed E-state index contributed by atoms with van der Waals surface area (Å²) in [6.45, 7) is 4.53.